The van der Waals surface area contributed by atoms with E-state index in [1.54, 1.807) is 4.90 Å². The number of ether oxygens (including phenoxy) is 1. The van der Waals surface area contributed by atoms with Crippen molar-refractivity contribution in [2.24, 2.45) is 5.92 Å². The predicted octanol–water partition coefficient (Wildman–Crippen LogP) is 1.84. The number of rotatable bonds is 5. The van der Waals surface area contributed by atoms with E-state index in [0.717, 1.165) is 12.8 Å². The highest BCUT2D eigenvalue weighted by molar-refractivity contribution is 5.75. The number of carboxylic acid groups (broad SMARTS) is 1. The molecule has 0 radical (unpaired) electrons. The van der Waals surface area contributed by atoms with Gasteiger partial charge in [0, 0.05) is 19.1 Å². The number of aliphatic carboxylic acids is 1. The van der Waals surface area contributed by atoms with Crippen LogP contribution in [-0.4, -0.2) is 53.8 Å². The molecule has 2 N–H and O–H groups in total. The van der Waals surface area contributed by atoms with Gasteiger partial charge >= 0.3 is 12.0 Å². The summed E-state index contributed by atoms with van der Waals surface area (Å²) >= 11 is 0. The first-order chi connectivity index (χ1) is 10.1. The SMILES string of the molecule is CC1CC(C(=O)O)CCN1C(=O)NCCOC1CCCC1. The Labute approximate surface area is 125 Å². The van der Waals surface area contributed by atoms with Crippen LogP contribution in [0.2, 0.25) is 0 Å². The van der Waals surface area contributed by atoms with Gasteiger partial charge in [-0.15, -0.1) is 0 Å². The molecule has 2 fully saturated rings. The van der Waals surface area contributed by atoms with Gasteiger partial charge in [0.15, 0.2) is 0 Å². The normalized spacial score (nSPS) is 26.8. The molecule has 120 valence electrons. The van der Waals surface area contributed by atoms with E-state index < -0.39 is 5.97 Å². The lowest BCUT2D eigenvalue weighted by Gasteiger charge is -2.36. The van der Waals surface area contributed by atoms with Gasteiger partial charge in [0.2, 0.25) is 0 Å². The fourth-order valence-electron chi connectivity index (χ4n) is 3.24. The Hall–Kier alpha value is -1.30. The maximum Gasteiger partial charge on any atom is 0.317 e. The number of piperidine rings is 1. The van der Waals surface area contributed by atoms with Gasteiger partial charge in [0.05, 0.1) is 18.6 Å². The van der Waals surface area contributed by atoms with Crippen LogP contribution >= 0.6 is 0 Å². The van der Waals surface area contributed by atoms with Gasteiger partial charge in [0.1, 0.15) is 0 Å². The number of likely N-dealkylation sites (tertiary alicyclic amines) is 1. The van der Waals surface area contributed by atoms with E-state index in [1.165, 1.54) is 12.8 Å². The molecule has 6 nitrogen and oxygen atoms in total. The van der Waals surface area contributed by atoms with Crippen LogP contribution < -0.4 is 5.32 Å². The molecule has 2 rings (SSSR count). The summed E-state index contributed by atoms with van der Waals surface area (Å²) in [4.78, 5) is 24.8. The number of hydrogen-bond donors (Lipinski definition) is 2. The molecule has 0 bridgehead atoms. The molecule has 2 aliphatic rings. The van der Waals surface area contributed by atoms with Crippen molar-refractivity contribution in [3.8, 4) is 0 Å². The molecule has 1 heterocycles. The number of carbonyl (C=O) groups excluding carboxylic acids is 1. The molecule has 2 atom stereocenters. The van der Waals surface area contributed by atoms with Crippen LogP contribution in [0.15, 0.2) is 0 Å². The molecule has 1 aliphatic carbocycles. The molecule has 6 heteroatoms. The minimum Gasteiger partial charge on any atom is -0.481 e. The van der Waals surface area contributed by atoms with E-state index in [-0.39, 0.29) is 18.0 Å². The van der Waals surface area contributed by atoms with Crippen LogP contribution in [0, 0.1) is 5.92 Å². The minimum atomic E-state index is -0.758. The highest BCUT2D eigenvalue weighted by atomic mass is 16.5. The number of carboxylic acids is 1. The summed E-state index contributed by atoms with van der Waals surface area (Å²) in [7, 11) is 0. The quantitative estimate of drug-likeness (QED) is 0.759. The highest BCUT2D eigenvalue weighted by Crippen LogP contribution is 2.23. The summed E-state index contributed by atoms with van der Waals surface area (Å²) in [5.74, 6) is -1.08. The molecule has 1 saturated heterocycles. The van der Waals surface area contributed by atoms with Crippen molar-refractivity contribution in [2.75, 3.05) is 19.7 Å². The summed E-state index contributed by atoms with van der Waals surface area (Å²) in [6, 6.07) is -0.142. The summed E-state index contributed by atoms with van der Waals surface area (Å²) in [5.41, 5.74) is 0. The first-order valence-corrected chi connectivity index (χ1v) is 7.97. The first kappa shape index (κ1) is 16.1. The van der Waals surface area contributed by atoms with Crippen LogP contribution in [0.5, 0.6) is 0 Å². The maximum atomic E-state index is 12.1. The molecule has 0 aromatic rings. The van der Waals surface area contributed by atoms with Gasteiger partial charge in [-0.25, -0.2) is 4.79 Å². The second kappa shape index (κ2) is 7.64. The van der Waals surface area contributed by atoms with Crippen LogP contribution in [0.1, 0.15) is 45.4 Å². The lowest BCUT2D eigenvalue weighted by Crippen LogP contribution is -2.50. The van der Waals surface area contributed by atoms with Crippen molar-refractivity contribution in [1.82, 2.24) is 10.2 Å². The van der Waals surface area contributed by atoms with Gasteiger partial charge in [0.25, 0.3) is 0 Å². The van der Waals surface area contributed by atoms with Gasteiger partial charge in [-0.2, -0.15) is 0 Å². The second-order valence-electron chi connectivity index (χ2n) is 6.11. The van der Waals surface area contributed by atoms with Gasteiger partial charge in [-0.1, -0.05) is 12.8 Å². The predicted molar refractivity (Wildman–Crippen MR) is 78.1 cm³/mol. The highest BCUT2D eigenvalue weighted by Gasteiger charge is 2.32. The van der Waals surface area contributed by atoms with E-state index in [9.17, 15) is 9.59 Å². The van der Waals surface area contributed by atoms with Crippen molar-refractivity contribution in [2.45, 2.75) is 57.6 Å². The molecular weight excluding hydrogens is 272 g/mol. The van der Waals surface area contributed by atoms with Crippen LogP contribution in [0.3, 0.4) is 0 Å². The van der Waals surface area contributed by atoms with Gasteiger partial charge in [-0.3, -0.25) is 4.79 Å². The van der Waals surface area contributed by atoms with Crippen molar-refractivity contribution in [1.29, 1.82) is 0 Å². The molecular formula is C15H26N2O4. The van der Waals surface area contributed by atoms with Crippen LogP contribution in [0.25, 0.3) is 0 Å². The van der Waals surface area contributed by atoms with Gasteiger partial charge < -0.3 is 20.1 Å². The van der Waals surface area contributed by atoms with Crippen LogP contribution in [-0.2, 0) is 9.53 Å². The van der Waals surface area contributed by atoms with Gasteiger partial charge in [-0.05, 0) is 32.6 Å². The Morgan fingerprint density at radius 1 is 1.29 bits per heavy atom. The van der Waals surface area contributed by atoms with E-state index in [4.69, 9.17) is 9.84 Å². The number of hydrogen-bond acceptors (Lipinski definition) is 3. The molecule has 2 unspecified atom stereocenters. The molecule has 1 aliphatic heterocycles. The third-order valence-electron chi connectivity index (χ3n) is 4.52. The summed E-state index contributed by atoms with van der Waals surface area (Å²) in [6.45, 7) is 3.48. The molecule has 0 aromatic carbocycles. The van der Waals surface area contributed by atoms with Crippen molar-refractivity contribution in [3.63, 3.8) is 0 Å². The standard InChI is InChI=1S/C15H26N2O4/c1-11-10-12(14(18)19)6-8-17(11)15(20)16-7-9-21-13-4-2-3-5-13/h11-13H,2-10H2,1H3,(H,16,20)(H,18,19). The monoisotopic (exact) mass is 298 g/mol. The average molecular weight is 298 g/mol. The number of carbonyl (C=O) groups is 2. The molecule has 1 saturated carbocycles. The average Bonchev–Trinajstić information content (AvgIpc) is 2.96. The number of amides is 2. The Kier molecular flexibility index (Phi) is 5.85. The Morgan fingerprint density at radius 2 is 2.00 bits per heavy atom. The second-order valence-corrected chi connectivity index (χ2v) is 6.11. The Morgan fingerprint density at radius 3 is 2.62 bits per heavy atom. The fraction of sp³-hybridized carbons (Fsp3) is 0.867. The summed E-state index contributed by atoms with van der Waals surface area (Å²) in [5, 5.41) is 11.9. The molecule has 21 heavy (non-hydrogen) atoms. The molecule has 0 aromatic heterocycles. The topological polar surface area (TPSA) is 78.9 Å². The fourth-order valence-corrected chi connectivity index (χ4v) is 3.24. The summed E-state index contributed by atoms with van der Waals surface area (Å²) < 4.78 is 5.71. The third-order valence-corrected chi connectivity index (χ3v) is 4.52. The zero-order valence-electron chi connectivity index (χ0n) is 12.7. The Balaban J connectivity index is 1.65. The van der Waals surface area contributed by atoms with E-state index >= 15 is 0 Å². The van der Waals surface area contributed by atoms with E-state index in [2.05, 4.69) is 5.32 Å². The zero-order valence-corrected chi connectivity index (χ0v) is 12.7. The number of urea groups is 1. The lowest BCUT2D eigenvalue weighted by atomic mass is 9.92. The van der Waals surface area contributed by atoms with Crippen molar-refractivity contribution in [3.05, 3.63) is 0 Å². The van der Waals surface area contributed by atoms with Crippen molar-refractivity contribution < 1.29 is 19.4 Å². The molecule has 0 spiro atoms. The smallest absolute Gasteiger partial charge is 0.317 e. The van der Waals surface area contributed by atoms with E-state index in [0.29, 0.717) is 38.6 Å². The maximum absolute atomic E-state index is 12.1. The van der Waals surface area contributed by atoms with Crippen molar-refractivity contribution >= 4 is 12.0 Å². The lowest BCUT2D eigenvalue weighted by molar-refractivity contribution is -0.143. The zero-order chi connectivity index (χ0) is 15.2. The number of nitrogens with one attached hydrogen (secondary N) is 1. The minimum absolute atomic E-state index is 0.0319. The Bertz CT molecular complexity index is 369. The van der Waals surface area contributed by atoms with Crippen LogP contribution in [0.4, 0.5) is 4.79 Å². The first-order valence-electron chi connectivity index (χ1n) is 7.97. The molecule has 2 amide bonds. The van der Waals surface area contributed by atoms with E-state index in [1.807, 2.05) is 6.92 Å². The number of nitrogens with zero attached hydrogens (tertiary/aromatic N) is 1. The largest absolute Gasteiger partial charge is 0.481 e. The third kappa shape index (κ3) is 4.59. The summed E-state index contributed by atoms with van der Waals surface area (Å²) in [6.07, 6.45) is 6.18.